The second-order valence-corrected chi connectivity index (χ2v) is 5.28. The summed E-state index contributed by atoms with van der Waals surface area (Å²) >= 11 is 0. The average Bonchev–Trinajstić information content (AvgIpc) is 2.57. The molecule has 3 aromatic carbocycles. The summed E-state index contributed by atoms with van der Waals surface area (Å²) in [5.74, 6) is 0.585. The van der Waals surface area contributed by atoms with E-state index in [4.69, 9.17) is 10.5 Å². The highest BCUT2D eigenvalue weighted by atomic mass is 16.5. The minimum Gasteiger partial charge on any atom is -0.495 e. The number of carbonyl (C=O) groups excluding carboxylic acids is 1. The molecule has 0 unspecified atom stereocenters. The molecule has 1 amide bonds. The second-order valence-electron chi connectivity index (χ2n) is 5.28. The van der Waals surface area contributed by atoms with Crippen LogP contribution in [0.15, 0.2) is 60.7 Å². The van der Waals surface area contributed by atoms with Gasteiger partial charge in [0, 0.05) is 11.1 Å². The van der Waals surface area contributed by atoms with Crippen molar-refractivity contribution < 1.29 is 9.53 Å². The van der Waals surface area contributed by atoms with Gasteiger partial charge in [-0.1, -0.05) is 42.5 Å². The quantitative estimate of drug-likeness (QED) is 0.724. The van der Waals surface area contributed by atoms with Crippen LogP contribution in [0.5, 0.6) is 5.75 Å². The van der Waals surface area contributed by atoms with Gasteiger partial charge in [0.1, 0.15) is 5.75 Å². The zero-order valence-corrected chi connectivity index (χ0v) is 12.9. The minimum atomic E-state index is -0.0573. The van der Waals surface area contributed by atoms with Gasteiger partial charge in [-0.25, -0.2) is 0 Å². The number of rotatable bonds is 4. The number of hydrogen-bond acceptors (Lipinski definition) is 3. The number of benzene rings is 3. The molecule has 4 heteroatoms. The van der Waals surface area contributed by atoms with Gasteiger partial charge in [0.2, 0.25) is 5.91 Å². The summed E-state index contributed by atoms with van der Waals surface area (Å²) in [5.41, 5.74) is 8.45. The predicted octanol–water partition coefficient (Wildman–Crippen LogP) is 3.61. The number of amides is 1. The first-order valence-corrected chi connectivity index (χ1v) is 7.38. The summed E-state index contributed by atoms with van der Waals surface area (Å²) in [5, 5.41) is 4.76. The van der Waals surface area contributed by atoms with Crippen molar-refractivity contribution in [2.75, 3.05) is 18.2 Å². The first kappa shape index (κ1) is 14.9. The van der Waals surface area contributed by atoms with E-state index in [2.05, 4.69) is 5.32 Å². The zero-order valence-electron chi connectivity index (χ0n) is 12.9. The predicted molar refractivity (Wildman–Crippen MR) is 93.7 cm³/mol. The number of nitrogen functional groups attached to an aromatic ring is 1. The molecule has 0 spiro atoms. The van der Waals surface area contributed by atoms with Crippen molar-refractivity contribution in [2.45, 2.75) is 6.42 Å². The van der Waals surface area contributed by atoms with Gasteiger partial charge in [-0.15, -0.1) is 0 Å². The van der Waals surface area contributed by atoms with Crippen LogP contribution in [0, 0.1) is 0 Å². The van der Waals surface area contributed by atoms with Crippen LogP contribution in [0.25, 0.3) is 10.8 Å². The van der Waals surface area contributed by atoms with E-state index in [1.165, 1.54) is 0 Å². The molecule has 0 aliphatic heterocycles. The summed E-state index contributed by atoms with van der Waals surface area (Å²) in [6.07, 6.45) is 0.290. The Hall–Kier alpha value is -3.01. The monoisotopic (exact) mass is 306 g/mol. The van der Waals surface area contributed by atoms with Crippen LogP contribution in [0.1, 0.15) is 5.56 Å². The van der Waals surface area contributed by atoms with Crippen LogP contribution in [0.2, 0.25) is 0 Å². The Balaban J connectivity index is 1.88. The molecule has 3 rings (SSSR count). The van der Waals surface area contributed by atoms with E-state index >= 15 is 0 Å². The van der Waals surface area contributed by atoms with E-state index in [0.717, 1.165) is 22.0 Å². The van der Waals surface area contributed by atoms with Crippen molar-refractivity contribution in [3.05, 3.63) is 66.2 Å². The van der Waals surface area contributed by atoms with E-state index < -0.39 is 0 Å². The largest absolute Gasteiger partial charge is 0.495 e. The molecule has 0 saturated heterocycles. The van der Waals surface area contributed by atoms with Crippen molar-refractivity contribution in [1.82, 2.24) is 0 Å². The number of hydrogen-bond donors (Lipinski definition) is 2. The summed E-state index contributed by atoms with van der Waals surface area (Å²) in [6, 6.07) is 19.0. The van der Waals surface area contributed by atoms with Gasteiger partial charge in [-0.2, -0.15) is 0 Å². The molecule has 3 N–H and O–H groups in total. The van der Waals surface area contributed by atoms with Crippen molar-refractivity contribution in [1.29, 1.82) is 0 Å². The molecule has 0 aliphatic carbocycles. The highest BCUT2D eigenvalue weighted by Crippen LogP contribution is 2.32. The van der Waals surface area contributed by atoms with Crippen LogP contribution < -0.4 is 15.8 Å². The van der Waals surface area contributed by atoms with Gasteiger partial charge in [0.15, 0.2) is 0 Å². The lowest BCUT2D eigenvalue weighted by Crippen LogP contribution is -2.14. The standard InChI is InChI=1S/C19H18N2O2/c1-23-17-11-10-15-13(6-5-9-16(15)19(17)20)12-18(22)21-14-7-3-2-4-8-14/h2-11H,12,20H2,1H3,(H,21,22). The van der Waals surface area contributed by atoms with E-state index in [1.807, 2.05) is 60.7 Å². The molecule has 0 heterocycles. The molecule has 3 aromatic rings. The molecule has 116 valence electrons. The molecule has 0 fully saturated rings. The normalized spacial score (nSPS) is 10.5. The summed E-state index contributed by atoms with van der Waals surface area (Å²) in [7, 11) is 1.59. The third-order valence-corrected chi connectivity index (χ3v) is 3.78. The van der Waals surface area contributed by atoms with Gasteiger partial charge < -0.3 is 15.8 Å². The zero-order chi connectivity index (χ0) is 16.2. The lowest BCUT2D eigenvalue weighted by atomic mass is 10.00. The van der Waals surface area contributed by atoms with Gasteiger partial charge >= 0.3 is 0 Å². The number of methoxy groups -OCH3 is 1. The number of fused-ring (bicyclic) bond motifs is 1. The molecule has 23 heavy (non-hydrogen) atoms. The van der Waals surface area contributed by atoms with E-state index in [0.29, 0.717) is 11.4 Å². The highest BCUT2D eigenvalue weighted by molar-refractivity contribution is 6.01. The first-order valence-electron chi connectivity index (χ1n) is 7.38. The Kier molecular flexibility index (Phi) is 4.15. The molecule has 0 bridgehead atoms. The van der Waals surface area contributed by atoms with E-state index in [-0.39, 0.29) is 12.3 Å². The fourth-order valence-corrected chi connectivity index (χ4v) is 2.66. The minimum absolute atomic E-state index is 0.0573. The number of anilines is 2. The lowest BCUT2D eigenvalue weighted by molar-refractivity contribution is -0.115. The van der Waals surface area contributed by atoms with Gasteiger partial charge in [-0.3, -0.25) is 4.79 Å². The van der Waals surface area contributed by atoms with Crippen LogP contribution >= 0.6 is 0 Å². The maximum Gasteiger partial charge on any atom is 0.228 e. The Labute approximate surface area is 134 Å². The average molecular weight is 306 g/mol. The van der Waals surface area contributed by atoms with E-state index in [9.17, 15) is 4.79 Å². The van der Waals surface area contributed by atoms with E-state index in [1.54, 1.807) is 7.11 Å². The van der Waals surface area contributed by atoms with Crippen LogP contribution in [-0.2, 0) is 11.2 Å². The molecule has 4 nitrogen and oxygen atoms in total. The Morgan fingerprint density at radius 2 is 1.78 bits per heavy atom. The van der Waals surface area contributed by atoms with Crippen LogP contribution in [0.3, 0.4) is 0 Å². The van der Waals surface area contributed by atoms with Crippen molar-refractivity contribution in [3.63, 3.8) is 0 Å². The summed E-state index contributed by atoms with van der Waals surface area (Å²) < 4.78 is 5.25. The highest BCUT2D eigenvalue weighted by Gasteiger charge is 2.11. The summed E-state index contributed by atoms with van der Waals surface area (Å²) in [6.45, 7) is 0. The maximum absolute atomic E-state index is 12.3. The SMILES string of the molecule is COc1ccc2c(CC(=O)Nc3ccccc3)cccc2c1N. The van der Waals surface area contributed by atoms with Gasteiger partial charge in [-0.05, 0) is 29.1 Å². The fourth-order valence-electron chi connectivity index (χ4n) is 2.66. The number of nitrogens with one attached hydrogen (secondary N) is 1. The Morgan fingerprint density at radius 3 is 2.52 bits per heavy atom. The van der Waals surface area contributed by atoms with Gasteiger partial charge in [0.25, 0.3) is 0 Å². The number of para-hydroxylation sites is 1. The third-order valence-electron chi connectivity index (χ3n) is 3.78. The van der Waals surface area contributed by atoms with Crippen molar-refractivity contribution in [2.24, 2.45) is 0 Å². The molecular formula is C19H18N2O2. The topological polar surface area (TPSA) is 64.3 Å². The fraction of sp³-hybridized carbons (Fsp3) is 0.105. The van der Waals surface area contributed by atoms with Crippen molar-refractivity contribution in [3.8, 4) is 5.75 Å². The third kappa shape index (κ3) is 3.11. The van der Waals surface area contributed by atoms with Gasteiger partial charge in [0.05, 0.1) is 19.2 Å². The van der Waals surface area contributed by atoms with Crippen LogP contribution in [-0.4, -0.2) is 13.0 Å². The molecule has 0 aliphatic rings. The molecule has 0 aromatic heterocycles. The summed E-state index contributed by atoms with van der Waals surface area (Å²) in [4.78, 5) is 12.3. The number of nitrogens with two attached hydrogens (primary N) is 1. The second kappa shape index (κ2) is 6.40. The molecule has 0 saturated carbocycles. The Morgan fingerprint density at radius 1 is 1.00 bits per heavy atom. The molecule has 0 radical (unpaired) electrons. The molecule has 0 atom stereocenters. The first-order chi connectivity index (χ1) is 11.2. The Bertz CT molecular complexity index is 845. The maximum atomic E-state index is 12.3. The number of carbonyl (C=O) groups is 1. The lowest BCUT2D eigenvalue weighted by Gasteiger charge is -2.11. The van der Waals surface area contributed by atoms with Crippen LogP contribution in [0.4, 0.5) is 11.4 Å². The molecular weight excluding hydrogens is 288 g/mol. The smallest absolute Gasteiger partial charge is 0.228 e. The van der Waals surface area contributed by atoms with Crippen molar-refractivity contribution >= 4 is 28.1 Å². The number of ether oxygens (including phenoxy) is 1.